The summed E-state index contributed by atoms with van der Waals surface area (Å²) in [7, 11) is 4.28. The molecule has 142 valence electrons. The van der Waals surface area contributed by atoms with Crippen LogP contribution in [-0.2, 0) is 38.1 Å². The Bertz CT molecular complexity index is 641. The highest BCUT2D eigenvalue weighted by Crippen LogP contribution is 2.44. The summed E-state index contributed by atoms with van der Waals surface area (Å²) in [6, 6.07) is 8.03. The predicted octanol–water partition coefficient (Wildman–Crippen LogP) is 1.21. The highest BCUT2D eigenvalue weighted by Gasteiger charge is 2.59. The highest BCUT2D eigenvalue weighted by molar-refractivity contribution is 9.10. The van der Waals surface area contributed by atoms with E-state index in [1.807, 2.05) is 0 Å². The Morgan fingerprint density at radius 2 is 1.23 bits per heavy atom. The van der Waals surface area contributed by atoms with Crippen molar-refractivity contribution in [3.8, 4) is 0 Å². The maximum absolute atomic E-state index is 12.5. The topological polar surface area (TPSA) is 105 Å². The van der Waals surface area contributed by atoms with Crippen LogP contribution < -0.4 is 0 Å². The standard InChI is InChI=1S/C17H19BrO8/c1-23-13(19)11(14(20)24-2)12(10-8-6-5-7-9-10)17(18,15(21)25-3)16(22)26-4/h5-9,11-12H,1-4H3. The first-order valence-corrected chi connectivity index (χ1v) is 8.15. The summed E-state index contributed by atoms with van der Waals surface area (Å²) in [5.74, 6) is -7.05. The van der Waals surface area contributed by atoms with Crippen LogP contribution in [0.15, 0.2) is 30.3 Å². The maximum Gasteiger partial charge on any atom is 0.334 e. The molecule has 0 aliphatic rings. The van der Waals surface area contributed by atoms with Gasteiger partial charge in [-0.15, -0.1) is 0 Å². The largest absolute Gasteiger partial charge is 0.468 e. The summed E-state index contributed by atoms with van der Waals surface area (Å²) in [5, 5.41) is 0. The SMILES string of the molecule is COC(=O)C(C(=O)OC)C(c1ccccc1)C(Br)(C(=O)OC)C(=O)OC. The van der Waals surface area contributed by atoms with E-state index >= 15 is 0 Å². The quantitative estimate of drug-likeness (QED) is 0.275. The molecule has 1 atom stereocenters. The number of halogens is 1. The van der Waals surface area contributed by atoms with E-state index in [4.69, 9.17) is 18.9 Å². The third-order valence-corrected chi connectivity index (χ3v) is 4.94. The molecular weight excluding hydrogens is 412 g/mol. The number of hydrogen-bond donors (Lipinski definition) is 0. The van der Waals surface area contributed by atoms with Crippen molar-refractivity contribution in [1.82, 2.24) is 0 Å². The average molecular weight is 431 g/mol. The van der Waals surface area contributed by atoms with Crippen molar-refractivity contribution in [2.24, 2.45) is 5.92 Å². The molecule has 0 aromatic heterocycles. The number of benzene rings is 1. The van der Waals surface area contributed by atoms with Crippen molar-refractivity contribution < 1.29 is 38.1 Å². The van der Waals surface area contributed by atoms with Crippen molar-refractivity contribution in [2.75, 3.05) is 28.4 Å². The van der Waals surface area contributed by atoms with Gasteiger partial charge in [0.1, 0.15) is 0 Å². The van der Waals surface area contributed by atoms with Crippen molar-refractivity contribution in [2.45, 2.75) is 10.2 Å². The van der Waals surface area contributed by atoms with Gasteiger partial charge in [0.2, 0.25) is 4.32 Å². The lowest BCUT2D eigenvalue weighted by Crippen LogP contribution is -2.53. The maximum atomic E-state index is 12.5. The summed E-state index contributed by atoms with van der Waals surface area (Å²) in [5.41, 5.74) is 0.320. The normalized spacial score (nSPS) is 12.1. The van der Waals surface area contributed by atoms with Gasteiger partial charge < -0.3 is 18.9 Å². The van der Waals surface area contributed by atoms with Gasteiger partial charge in [-0.3, -0.25) is 9.59 Å². The summed E-state index contributed by atoms with van der Waals surface area (Å²) in [4.78, 5) is 49.7. The van der Waals surface area contributed by atoms with E-state index in [1.54, 1.807) is 30.3 Å². The lowest BCUT2D eigenvalue weighted by molar-refractivity contribution is -0.163. The molecule has 0 aliphatic heterocycles. The smallest absolute Gasteiger partial charge is 0.334 e. The summed E-state index contributed by atoms with van der Waals surface area (Å²) >= 11 is 3.07. The lowest BCUT2D eigenvalue weighted by atomic mass is 9.76. The number of ether oxygens (including phenoxy) is 4. The fraction of sp³-hybridized carbons (Fsp3) is 0.412. The van der Waals surface area contributed by atoms with Crippen LogP contribution in [0, 0.1) is 5.92 Å². The van der Waals surface area contributed by atoms with E-state index in [1.165, 1.54) is 0 Å². The van der Waals surface area contributed by atoms with Gasteiger partial charge in [0, 0.05) is 5.92 Å². The van der Waals surface area contributed by atoms with E-state index in [-0.39, 0.29) is 0 Å². The fourth-order valence-corrected chi connectivity index (χ4v) is 3.42. The van der Waals surface area contributed by atoms with Crippen LogP contribution in [0.2, 0.25) is 0 Å². The molecule has 0 saturated carbocycles. The van der Waals surface area contributed by atoms with Gasteiger partial charge in [-0.1, -0.05) is 46.3 Å². The van der Waals surface area contributed by atoms with Gasteiger partial charge in [0.05, 0.1) is 28.4 Å². The molecule has 1 aromatic rings. The van der Waals surface area contributed by atoms with E-state index in [2.05, 4.69) is 15.9 Å². The first kappa shape index (κ1) is 21.6. The molecule has 0 heterocycles. The van der Waals surface area contributed by atoms with Crippen molar-refractivity contribution in [1.29, 1.82) is 0 Å². The number of carbonyl (C=O) groups excluding carboxylic acids is 4. The van der Waals surface area contributed by atoms with Gasteiger partial charge >= 0.3 is 23.9 Å². The second-order valence-electron chi connectivity index (χ2n) is 5.11. The zero-order valence-electron chi connectivity index (χ0n) is 14.7. The second kappa shape index (κ2) is 9.33. The first-order valence-electron chi connectivity index (χ1n) is 7.35. The Kier molecular flexibility index (Phi) is 7.76. The number of rotatable bonds is 7. The average Bonchev–Trinajstić information content (AvgIpc) is 2.69. The van der Waals surface area contributed by atoms with Crippen molar-refractivity contribution in [3.63, 3.8) is 0 Å². The molecule has 0 fully saturated rings. The van der Waals surface area contributed by atoms with Crippen LogP contribution in [0.5, 0.6) is 0 Å². The summed E-state index contributed by atoms with van der Waals surface area (Å²) in [6.07, 6.45) is 0. The highest BCUT2D eigenvalue weighted by atomic mass is 79.9. The predicted molar refractivity (Wildman–Crippen MR) is 92.4 cm³/mol. The molecule has 1 aromatic carbocycles. The van der Waals surface area contributed by atoms with Crippen molar-refractivity contribution >= 4 is 39.8 Å². The van der Waals surface area contributed by atoms with Gasteiger partial charge in [-0.05, 0) is 5.56 Å². The van der Waals surface area contributed by atoms with Gasteiger partial charge in [-0.25, -0.2) is 9.59 Å². The minimum absolute atomic E-state index is 0.320. The van der Waals surface area contributed by atoms with Crippen molar-refractivity contribution in [3.05, 3.63) is 35.9 Å². The van der Waals surface area contributed by atoms with Crippen LogP contribution >= 0.6 is 15.9 Å². The van der Waals surface area contributed by atoms with Crippen LogP contribution in [0.1, 0.15) is 11.5 Å². The Morgan fingerprint density at radius 1 is 0.808 bits per heavy atom. The minimum atomic E-state index is -2.19. The number of carbonyl (C=O) groups is 4. The van der Waals surface area contributed by atoms with E-state index < -0.39 is 40.0 Å². The Labute approximate surface area is 158 Å². The molecule has 1 rings (SSSR count). The van der Waals surface area contributed by atoms with E-state index in [9.17, 15) is 19.2 Å². The van der Waals surface area contributed by atoms with E-state index in [0.717, 1.165) is 28.4 Å². The van der Waals surface area contributed by atoms with Gasteiger partial charge in [-0.2, -0.15) is 0 Å². The molecule has 8 nitrogen and oxygen atoms in total. The Morgan fingerprint density at radius 3 is 1.58 bits per heavy atom. The zero-order chi connectivity index (χ0) is 19.9. The zero-order valence-corrected chi connectivity index (χ0v) is 16.3. The van der Waals surface area contributed by atoms with Gasteiger partial charge in [0.25, 0.3) is 0 Å². The monoisotopic (exact) mass is 430 g/mol. The van der Waals surface area contributed by atoms with Crippen LogP contribution in [-0.4, -0.2) is 56.6 Å². The third-order valence-electron chi connectivity index (χ3n) is 3.80. The molecular formula is C17H19BrO8. The Hall–Kier alpha value is -2.42. The molecule has 1 unspecified atom stereocenters. The minimum Gasteiger partial charge on any atom is -0.468 e. The van der Waals surface area contributed by atoms with Gasteiger partial charge in [0.15, 0.2) is 5.92 Å². The molecule has 0 radical (unpaired) electrons. The molecule has 9 heteroatoms. The first-order chi connectivity index (χ1) is 12.3. The van der Waals surface area contributed by atoms with Crippen LogP contribution in [0.25, 0.3) is 0 Å². The fourth-order valence-electron chi connectivity index (χ4n) is 2.57. The third kappa shape index (κ3) is 4.04. The molecule has 0 aliphatic carbocycles. The Balaban J connectivity index is 3.77. The lowest BCUT2D eigenvalue weighted by Gasteiger charge is -2.34. The summed E-state index contributed by atoms with van der Waals surface area (Å²) < 4.78 is 16.7. The van der Waals surface area contributed by atoms with E-state index in [0.29, 0.717) is 5.56 Å². The molecule has 0 bridgehead atoms. The van der Waals surface area contributed by atoms with Crippen LogP contribution in [0.4, 0.5) is 0 Å². The molecule has 0 saturated heterocycles. The molecule has 0 N–H and O–H groups in total. The summed E-state index contributed by atoms with van der Waals surface area (Å²) in [6.45, 7) is 0. The number of esters is 4. The number of hydrogen-bond acceptors (Lipinski definition) is 8. The molecule has 26 heavy (non-hydrogen) atoms. The second-order valence-corrected chi connectivity index (χ2v) is 6.36. The molecule has 0 amide bonds. The number of alkyl halides is 1. The van der Waals surface area contributed by atoms with Crippen LogP contribution in [0.3, 0.4) is 0 Å². The number of methoxy groups -OCH3 is 4. The molecule has 0 spiro atoms.